The fraction of sp³-hybridized carbons (Fsp3) is 0.909. The maximum absolute atomic E-state index is 11.3. The molecule has 88 valence electrons. The molecule has 1 aliphatic rings. The van der Waals surface area contributed by atoms with E-state index in [2.05, 4.69) is 0 Å². The molecule has 0 N–H and O–H groups in total. The number of ether oxygens (including phenoxy) is 3. The summed E-state index contributed by atoms with van der Waals surface area (Å²) in [5, 5.41) is 0. The zero-order valence-corrected chi connectivity index (χ0v) is 9.69. The Morgan fingerprint density at radius 1 is 1.47 bits per heavy atom. The van der Waals surface area contributed by atoms with Crippen LogP contribution in [0.1, 0.15) is 33.6 Å². The van der Waals surface area contributed by atoms with Gasteiger partial charge in [0.2, 0.25) is 0 Å². The lowest BCUT2D eigenvalue weighted by Gasteiger charge is -2.28. The van der Waals surface area contributed by atoms with Crippen LogP contribution in [-0.2, 0) is 19.0 Å². The number of hydrogen-bond acceptors (Lipinski definition) is 4. The van der Waals surface area contributed by atoms with Gasteiger partial charge in [-0.15, -0.1) is 0 Å². The predicted molar refractivity (Wildman–Crippen MR) is 55.6 cm³/mol. The van der Waals surface area contributed by atoms with Gasteiger partial charge in [-0.1, -0.05) is 0 Å². The Morgan fingerprint density at radius 2 is 2.20 bits per heavy atom. The number of esters is 1. The van der Waals surface area contributed by atoms with Gasteiger partial charge in [0.25, 0.3) is 0 Å². The molecule has 4 nitrogen and oxygen atoms in total. The monoisotopic (exact) mass is 216 g/mol. The molecule has 0 aliphatic carbocycles. The Hall–Kier alpha value is -0.610. The Bertz CT molecular complexity index is 195. The number of carbonyl (C=O) groups excluding carboxylic acids is 1. The minimum Gasteiger partial charge on any atom is -0.464 e. The second-order valence-corrected chi connectivity index (χ2v) is 3.96. The molecule has 0 amide bonds. The van der Waals surface area contributed by atoms with Crippen LogP contribution < -0.4 is 0 Å². The van der Waals surface area contributed by atoms with E-state index in [0.29, 0.717) is 19.6 Å². The van der Waals surface area contributed by atoms with Gasteiger partial charge in [-0.25, -0.2) is 4.79 Å². The molecule has 4 heteroatoms. The third-order valence-electron chi connectivity index (χ3n) is 2.25. The topological polar surface area (TPSA) is 44.8 Å². The van der Waals surface area contributed by atoms with E-state index in [4.69, 9.17) is 14.2 Å². The van der Waals surface area contributed by atoms with Crippen molar-refractivity contribution in [1.29, 1.82) is 0 Å². The van der Waals surface area contributed by atoms with Gasteiger partial charge < -0.3 is 14.2 Å². The number of rotatable bonds is 4. The summed E-state index contributed by atoms with van der Waals surface area (Å²) in [4.78, 5) is 11.3. The third-order valence-corrected chi connectivity index (χ3v) is 2.25. The summed E-state index contributed by atoms with van der Waals surface area (Å²) in [6.45, 7) is 6.69. The molecule has 0 aromatic heterocycles. The summed E-state index contributed by atoms with van der Waals surface area (Å²) in [5.41, 5.74) is 0. The quantitative estimate of drug-likeness (QED) is 0.668. The maximum Gasteiger partial charge on any atom is 0.335 e. The van der Waals surface area contributed by atoms with E-state index in [1.165, 1.54) is 0 Å². The first-order chi connectivity index (χ1) is 7.13. The van der Waals surface area contributed by atoms with Gasteiger partial charge >= 0.3 is 5.97 Å². The maximum atomic E-state index is 11.3. The summed E-state index contributed by atoms with van der Waals surface area (Å²) in [6, 6.07) is 0. The van der Waals surface area contributed by atoms with E-state index in [9.17, 15) is 4.79 Å². The first-order valence-corrected chi connectivity index (χ1v) is 5.57. The van der Waals surface area contributed by atoms with Crippen molar-refractivity contribution in [3.05, 3.63) is 0 Å². The molecule has 2 atom stereocenters. The van der Waals surface area contributed by atoms with Crippen LogP contribution in [0.2, 0.25) is 0 Å². The van der Waals surface area contributed by atoms with Crippen LogP contribution in [0.25, 0.3) is 0 Å². The smallest absolute Gasteiger partial charge is 0.335 e. The molecule has 1 fully saturated rings. The van der Waals surface area contributed by atoms with E-state index >= 15 is 0 Å². The molecule has 1 heterocycles. The number of carbonyl (C=O) groups is 1. The Balaban J connectivity index is 2.26. The summed E-state index contributed by atoms with van der Waals surface area (Å²) < 4.78 is 15.9. The van der Waals surface area contributed by atoms with Gasteiger partial charge in [-0.3, -0.25) is 0 Å². The normalized spacial score (nSPS) is 26.7. The van der Waals surface area contributed by atoms with Crippen molar-refractivity contribution in [3.8, 4) is 0 Å². The average Bonchev–Trinajstić information content (AvgIpc) is 2.18. The van der Waals surface area contributed by atoms with Crippen LogP contribution in [0.15, 0.2) is 0 Å². The lowest BCUT2D eigenvalue weighted by Crippen LogP contribution is -2.37. The van der Waals surface area contributed by atoms with E-state index < -0.39 is 6.10 Å². The van der Waals surface area contributed by atoms with Gasteiger partial charge in [0.05, 0.1) is 25.4 Å². The van der Waals surface area contributed by atoms with Gasteiger partial charge in [-0.2, -0.15) is 0 Å². The van der Waals surface area contributed by atoms with Crippen molar-refractivity contribution in [2.75, 3.05) is 13.2 Å². The first kappa shape index (κ1) is 12.5. The third kappa shape index (κ3) is 4.18. The second-order valence-electron chi connectivity index (χ2n) is 3.96. The number of hydrogen-bond donors (Lipinski definition) is 0. The minimum atomic E-state index is -0.392. The molecule has 1 rings (SSSR count). The molecule has 0 unspecified atom stereocenters. The van der Waals surface area contributed by atoms with E-state index in [0.717, 1.165) is 6.42 Å². The van der Waals surface area contributed by atoms with E-state index in [-0.39, 0.29) is 18.2 Å². The summed E-state index contributed by atoms with van der Waals surface area (Å²) in [5.74, 6) is -0.250. The molecule has 0 aromatic rings. The molecule has 0 spiro atoms. The standard InChI is InChI=1S/C11H20O4/c1-4-13-11(12)10-6-5-9(7-14-10)15-8(2)3/h8-10H,4-7H2,1-3H3/t9-,10+/m0/s1. The molecule has 15 heavy (non-hydrogen) atoms. The summed E-state index contributed by atoms with van der Waals surface area (Å²) in [7, 11) is 0. The lowest BCUT2D eigenvalue weighted by molar-refractivity contribution is -0.167. The van der Waals surface area contributed by atoms with Crippen molar-refractivity contribution in [2.24, 2.45) is 0 Å². The van der Waals surface area contributed by atoms with Crippen molar-refractivity contribution >= 4 is 5.97 Å². The minimum absolute atomic E-state index is 0.121. The van der Waals surface area contributed by atoms with Gasteiger partial charge in [0.15, 0.2) is 6.10 Å². The fourth-order valence-corrected chi connectivity index (χ4v) is 1.64. The highest BCUT2D eigenvalue weighted by atomic mass is 16.6. The predicted octanol–water partition coefficient (Wildman–Crippen LogP) is 1.52. The SMILES string of the molecule is CCOC(=O)[C@H]1CC[C@H](OC(C)C)CO1. The van der Waals surface area contributed by atoms with Gasteiger partial charge in [0, 0.05) is 0 Å². The molecule has 0 bridgehead atoms. The summed E-state index contributed by atoms with van der Waals surface area (Å²) in [6.07, 6.45) is 1.49. The second kappa shape index (κ2) is 6.08. The zero-order valence-electron chi connectivity index (χ0n) is 9.69. The fourth-order valence-electron chi connectivity index (χ4n) is 1.64. The summed E-state index contributed by atoms with van der Waals surface area (Å²) >= 11 is 0. The lowest BCUT2D eigenvalue weighted by atomic mass is 10.1. The average molecular weight is 216 g/mol. The van der Waals surface area contributed by atoms with Crippen LogP contribution in [0.3, 0.4) is 0 Å². The highest BCUT2D eigenvalue weighted by molar-refractivity contribution is 5.74. The molecule has 1 aliphatic heterocycles. The van der Waals surface area contributed by atoms with Gasteiger partial charge in [0.1, 0.15) is 0 Å². The Kier molecular flexibility index (Phi) is 5.05. The van der Waals surface area contributed by atoms with Crippen molar-refractivity contribution < 1.29 is 19.0 Å². The molecule has 1 saturated heterocycles. The Morgan fingerprint density at radius 3 is 2.67 bits per heavy atom. The highest BCUT2D eigenvalue weighted by Gasteiger charge is 2.28. The largest absolute Gasteiger partial charge is 0.464 e. The van der Waals surface area contributed by atoms with E-state index in [1.807, 2.05) is 13.8 Å². The van der Waals surface area contributed by atoms with Crippen molar-refractivity contribution in [3.63, 3.8) is 0 Å². The van der Waals surface area contributed by atoms with Crippen molar-refractivity contribution in [1.82, 2.24) is 0 Å². The van der Waals surface area contributed by atoms with Crippen LogP contribution in [0.5, 0.6) is 0 Å². The van der Waals surface area contributed by atoms with Crippen LogP contribution in [0.4, 0.5) is 0 Å². The molecule has 0 radical (unpaired) electrons. The van der Waals surface area contributed by atoms with E-state index in [1.54, 1.807) is 6.92 Å². The van der Waals surface area contributed by atoms with Crippen molar-refractivity contribution in [2.45, 2.75) is 51.9 Å². The molecular formula is C11H20O4. The van der Waals surface area contributed by atoms with Crippen LogP contribution in [-0.4, -0.2) is 37.5 Å². The Labute approximate surface area is 90.9 Å². The van der Waals surface area contributed by atoms with Crippen LogP contribution in [0, 0.1) is 0 Å². The van der Waals surface area contributed by atoms with Crippen LogP contribution >= 0.6 is 0 Å². The highest BCUT2D eigenvalue weighted by Crippen LogP contribution is 2.18. The zero-order chi connectivity index (χ0) is 11.3. The molecule has 0 saturated carbocycles. The molecule has 0 aromatic carbocycles. The first-order valence-electron chi connectivity index (χ1n) is 5.57. The molecular weight excluding hydrogens is 196 g/mol. The van der Waals surface area contributed by atoms with Gasteiger partial charge in [-0.05, 0) is 33.6 Å².